The number of esters is 4. The zero-order valence-electron chi connectivity index (χ0n) is 65.5. The summed E-state index contributed by atoms with van der Waals surface area (Å²) < 4.78 is 68.4. The average molecular weight is 1520 g/mol. The Labute approximate surface area is 641 Å². The fourth-order valence-electron chi connectivity index (χ4n) is 9.80. The lowest BCUT2D eigenvalue weighted by Gasteiger charge is -2.21. The van der Waals surface area contributed by atoms with Crippen molar-refractivity contribution < 1.29 is 80.2 Å². The van der Waals surface area contributed by atoms with E-state index in [1.54, 1.807) is 0 Å². The predicted molar refractivity (Wildman–Crippen MR) is 436 cm³/mol. The standard InChI is InChI=1S/C87H140O17P2/c1-5-9-13-17-21-25-29-32-35-38-40-43-45-48-52-55-59-63-67-71-84(89)97-77-82(103-86(91)73-69-65-61-57-51-28-24-20-16-12-8-4)79-101-105(93,94)99-75-81(88)76-100-106(95,96)102-80-83(104-87(92)74-70-66-62-58-54-50-47-42-37-34-31-27-23-19-15-11-7-3)78-98-85(90)72-68-64-60-56-53-49-46-44-41-39-36-33-30-26-22-18-14-10-6-2/h10-11,14-15,20-27,32-37,40-41,43-44,47,49-50,53,58,60,62,64,81-83,88H,5-9,12-13,16-19,28-31,38-39,42,45-46,48,51-52,54-57,59,61,63,65-80H2,1-4H3,(H,93,94)(H,95,96)/b14-10-,15-11-,24-20-,25-21-,26-22-,27-23-,35-32-,36-33-,37-34-,43-40-,44-41-,50-47-,53-49-,62-58-,64-60-. The van der Waals surface area contributed by atoms with E-state index < -0.39 is 97.5 Å². The number of aliphatic hydroxyl groups is 1. The molecule has 19 heteroatoms. The molecule has 5 unspecified atom stereocenters. The van der Waals surface area contributed by atoms with Crippen LogP contribution in [0.5, 0.6) is 0 Å². The molecule has 5 atom stereocenters. The molecule has 0 rings (SSSR count). The highest BCUT2D eigenvalue weighted by Gasteiger charge is 2.30. The van der Waals surface area contributed by atoms with Gasteiger partial charge in [-0.3, -0.25) is 37.3 Å². The topological polar surface area (TPSA) is 237 Å². The molecule has 600 valence electrons. The van der Waals surface area contributed by atoms with Gasteiger partial charge >= 0.3 is 39.5 Å². The Balaban J connectivity index is 5.47. The van der Waals surface area contributed by atoms with Gasteiger partial charge in [0.05, 0.1) is 26.4 Å². The maximum atomic E-state index is 13.1. The van der Waals surface area contributed by atoms with Crippen molar-refractivity contribution >= 4 is 39.5 Å². The molecule has 0 heterocycles. The molecule has 106 heavy (non-hydrogen) atoms. The first-order chi connectivity index (χ1) is 51.7. The van der Waals surface area contributed by atoms with E-state index in [4.69, 9.17) is 37.0 Å². The summed E-state index contributed by atoms with van der Waals surface area (Å²) in [5.41, 5.74) is 0. The molecule has 0 saturated heterocycles. The number of carbonyl (C=O) groups is 4. The SMILES string of the molecule is CC/C=C\C/C=C\C/C=C\C/C=C\C/C=C\C/C=C\CCC(=O)OCC(COP(=O)(O)OCC(O)COP(=O)(O)OCC(COC(=O)CCCCCCCC/C=C\C/C=C\C/C=C\CCCCC)OC(=O)CCCCCCC/C=C\CCCC)OC(=O)CCC/C=C\C/C=C\C/C=C\C/C=C\C/C=C\CC. The zero-order valence-corrected chi connectivity index (χ0v) is 67.3. The zero-order chi connectivity index (χ0) is 77.4. The number of phosphoric acid groups is 2. The number of carbonyl (C=O) groups excluding carboxylic acids is 4. The number of aliphatic hydroxyl groups excluding tert-OH is 1. The highest BCUT2D eigenvalue weighted by molar-refractivity contribution is 7.47. The van der Waals surface area contributed by atoms with E-state index in [1.807, 2.05) is 30.4 Å². The molecule has 0 amide bonds. The molecular formula is C87H140O17P2. The number of unbranched alkanes of at least 4 members (excludes halogenated alkanes) is 17. The average Bonchev–Trinajstić information content (AvgIpc) is 0.919. The molecular weight excluding hydrogens is 1380 g/mol. The van der Waals surface area contributed by atoms with Gasteiger partial charge < -0.3 is 33.8 Å². The minimum absolute atomic E-state index is 0.00672. The van der Waals surface area contributed by atoms with Gasteiger partial charge in [0.15, 0.2) is 12.2 Å². The van der Waals surface area contributed by atoms with Crippen LogP contribution in [-0.2, 0) is 65.4 Å². The molecule has 0 aliphatic carbocycles. The summed E-state index contributed by atoms with van der Waals surface area (Å²) in [4.78, 5) is 72.9. The monoisotopic (exact) mass is 1520 g/mol. The van der Waals surface area contributed by atoms with Crippen LogP contribution in [0.15, 0.2) is 182 Å². The summed E-state index contributed by atoms with van der Waals surface area (Å²) in [5.74, 6) is -2.38. The third-order valence-electron chi connectivity index (χ3n) is 15.8. The van der Waals surface area contributed by atoms with Gasteiger partial charge in [-0.15, -0.1) is 0 Å². The Hall–Kier alpha value is -5.84. The Morgan fingerprint density at radius 2 is 0.528 bits per heavy atom. The molecule has 0 saturated carbocycles. The number of allylic oxidation sites excluding steroid dienone is 30. The predicted octanol–water partition coefficient (Wildman–Crippen LogP) is 23.6. The maximum Gasteiger partial charge on any atom is 0.472 e. The van der Waals surface area contributed by atoms with E-state index in [0.717, 1.165) is 161 Å². The Bertz CT molecular complexity index is 2730. The van der Waals surface area contributed by atoms with E-state index in [1.165, 1.54) is 32.1 Å². The maximum absolute atomic E-state index is 13.1. The van der Waals surface area contributed by atoms with Gasteiger partial charge in [0.2, 0.25) is 0 Å². The molecule has 0 aromatic carbocycles. The first kappa shape index (κ1) is 100. The molecule has 0 fully saturated rings. The first-order valence-corrected chi connectivity index (χ1v) is 43.0. The van der Waals surface area contributed by atoms with Gasteiger partial charge in [-0.1, -0.05) is 281 Å². The molecule has 17 nitrogen and oxygen atoms in total. The highest BCUT2D eigenvalue weighted by atomic mass is 31.2. The van der Waals surface area contributed by atoms with Crippen LogP contribution in [0.2, 0.25) is 0 Å². The molecule has 0 radical (unpaired) electrons. The van der Waals surface area contributed by atoms with E-state index in [9.17, 15) is 43.2 Å². The lowest BCUT2D eigenvalue weighted by Crippen LogP contribution is -2.30. The third-order valence-corrected chi connectivity index (χ3v) is 17.7. The van der Waals surface area contributed by atoms with Gasteiger partial charge in [-0.05, 0) is 161 Å². The fourth-order valence-corrected chi connectivity index (χ4v) is 11.4. The van der Waals surface area contributed by atoms with Gasteiger partial charge in [0.1, 0.15) is 19.3 Å². The van der Waals surface area contributed by atoms with E-state index in [2.05, 4.69) is 180 Å². The summed E-state index contributed by atoms with van der Waals surface area (Å²) in [5, 5.41) is 10.6. The summed E-state index contributed by atoms with van der Waals surface area (Å²) in [6.07, 6.45) is 93.3. The van der Waals surface area contributed by atoms with E-state index in [-0.39, 0.29) is 25.7 Å². The van der Waals surface area contributed by atoms with Crippen LogP contribution in [-0.4, -0.2) is 96.7 Å². The fraction of sp³-hybridized carbons (Fsp3) is 0.609. The number of hydrogen-bond donors (Lipinski definition) is 3. The molecule has 0 spiro atoms. The Kier molecular flexibility index (Phi) is 73.1. The van der Waals surface area contributed by atoms with Crippen molar-refractivity contribution in [3.05, 3.63) is 182 Å². The Morgan fingerprint density at radius 3 is 0.887 bits per heavy atom. The number of ether oxygens (including phenoxy) is 4. The lowest BCUT2D eigenvalue weighted by molar-refractivity contribution is -0.161. The smallest absolute Gasteiger partial charge is 0.462 e. The van der Waals surface area contributed by atoms with Crippen molar-refractivity contribution in [1.82, 2.24) is 0 Å². The summed E-state index contributed by atoms with van der Waals surface area (Å²) in [6.45, 7) is 4.38. The van der Waals surface area contributed by atoms with E-state index in [0.29, 0.717) is 38.5 Å². The van der Waals surface area contributed by atoms with Crippen LogP contribution in [0.1, 0.15) is 285 Å². The van der Waals surface area contributed by atoms with Crippen molar-refractivity contribution in [3.63, 3.8) is 0 Å². The summed E-state index contributed by atoms with van der Waals surface area (Å²) in [7, 11) is -10.0. The van der Waals surface area contributed by atoms with Gasteiger partial charge in [0.25, 0.3) is 0 Å². The van der Waals surface area contributed by atoms with Crippen LogP contribution in [0.25, 0.3) is 0 Å². The van der Waals surface area contributed by atoms with Gasteiger partial charge in [-0.25, -0.2) is 9.13 Å². The van der Waals surface area contributed by atoms with E-state index >= 15 is 0 Å². The molecule has 0 aromatic heterocycles. The second-order valence-electron chi connectivity index (χ2n) is 25.9. The molecule has 0 aromatic rings. The largest absolute Gasteiger partial charge is 0.472 e. The quantitative estimate of drug-likeness (QED) is 0.0169. The van der Waals surface area contributed by atoms with Crippen LogP contribution in [0.4, 0.5) is 0 Å². The minimum atomic E-state index is -5.02. The first-order valence-electron chi connectivity index (χ1n) is 40.0. The molecule has 3 N–H and O–H groups in total. The van der Waals surface area contributed by atoms with Crippen LogP contribution in [0.3, 0.4) is 0 Å². The van der Waals surface area contributed by atoms with Crippen molar-refractivity contribution in [2.24, 2.45) is 0 Å². The van der Waals surface area contributed by atoms with Crippen LogP contribution < -0.4 is 0 Å². The second kappa shape index (κ2) is 77.3. The Morgan fingerprint density at radius 1 is 0.274 bits per heavy atom. The molecule has 0 aliphatic heterocycles. The van der Waals surface area contributed by atoms with Gasteiger partial charge in [0, 0.05) is 25.7 Å². The molecule has 0 bridgehead atoms. The summed E-state index contributed by atoms with van der Waals surface area (Å²) >= 11 is 0. The molecule has 0 aliphatic rings. The minimum Gasteiger partial charge on any atom is -0.462 e. The van der Waals surface area contributed by atoms with Crippen molar-refractivity contribution in [1.29, 1.82) is 0 Å². The van der Waals surface area contributed by atoms with Crippen LogP contribution >= 0.6 is 15.6 Å². The number of hydrogen-bond acceptors (Lipinski definition) is 15. The van der Waals surface area contributed by atoms with Crippen molar-refractivity contribution in [3.8, 4) is 0 Å². The van der Waals surface area contributed by atoms with Crippen molar-refractivity contribution in [2.45, 2.75) is 303 Å². The second-order valence-corrected chi connectivity index (χ2v) is 28.8. The number of rotatable bonds is 73. The normalized spacial score (nSPS) is 14.8. The number of phosphoric ester groups is 2. The summed E-state index contributed by atoms with van der Waals surface area (Å²) in [6, 6.07) is 0. The van der Waals surface area contributed by atoms with Gasteiger partial charge in [-0.2, -0.15) is 0 Å². The van der Waals surface area contributed by atoms with Crippen molar-refractivity contribution in [2.75, 3.05) is 39.6 Å². The van der Waals surface area contributed by atoms with Crippen LogP contribution in [0, 0.1) is 0 Å². The third kappa shape index (κ3) is 76.4. The highest BCUT2D eigenvalue weighted by Crippen LogP contribution is 2.45. The lowest BCUT2D eigenvalue weighted by atomic mass is 10.1.